The van der Waals surface area contributed by atoms with Crippen LogP contribution in [-0.4, -0.2) is 85.9 Å². The molecule has 4 bridgehead atoms. The van der Waals surface area contributed by atoms with Crippen molar-refractivity contribution in [3.8, 4) is 0 Å². The highest BCUT2D eigenvalue weighted by Crippen LogP contribution is 2.57. The Labute approximate surface area is 123 Å². The zero-order chi connectivity index (χ0) is 16.5. The summed E-state index contributed by atoms with van der Waals surface area (Å²) in [6.45, 7) is -0.923. The minimum Gasteiger partial charge on any atom is -0.393 e. The molecule has 124 valence electrons. The van der Waals surface area contributed by atoms with Gasteiger partial charge in [-0.2, -0.15) is 0 Å². The van der Waals surface area contributed by atoms with E-state index < -0.39 is 60.0 Å². The molecule has 9 N–H and O–H groups in total. The molecule has 4 aliphatic rings. The van der Waals surface area contributed by atoms with Crippen molar-refractivity contribution in [2.75, 3.05) is 6.61 Å². The number of rotatable bonds is 3. The lowest BCUT2D eigenvalue weighted by atomic mass is 9.56. The van der Waals surface area contributed by atoms with Crippen LogP contribution in [0.25, 0.3) is 0 Å². The number of guanidine groups is 1. The maximum atomic E-state index is 11.5. The third kappa shape index (κ3) is 1.48. The number of nitrogens with two attached hydrogens (primary N) is 2. The largest absolute Gasteiger partial charge is 0.393 e. The Bertz CT molecular complexity index is 541. The number of ether oxygens (including phenoxy) is 2. The van der Waals surface area contributed by atoms with Gasteiger partial charge in [0.15, 0.2) is 12.1 Å². The van der Waals surface area contributed by atoms with Crippen molar-refractivity contribution in [2.24, 2.45) is 22.4 Å². The van der Waals surface area contributed by atoms with Crippen molar-refractivity contribution in [3.63, 3.8) is 0 Å². The highest BCUT2D eigenvalue weighted by atomic mass is 16.9. The Balaban J connectivity index is 2.25. The van der Waals surface area contributed by atoms with Crippen LogP contribution in [0.2, 0.25) is 0 Å². The molecular weight excluding hydrogens is 302 g/mol. The van der Waals surface area contributed by atoms with Crippen LogP contribution in [0.5, 0.6) is 0 Å². The molecule has 5 unspecified atom stereocenters. The van der Waals surface area contributed by atoms with Crippen LogP contribution < -0.4 is 11.5 Å². The first-order chi connectivity index (χ1) is 10.2. The van der Waals surface area contributed by atoms with E-state index in [0.717, 1.165) is 0 Å². The van der Waals surface area contributed by atoms with Crippen molar-refractivity contribution < 1.29 is 39.8 Å². The van der Waals surface area contributed by atoms with Gasteiger partial charge in [-0.15, -0.1) is 0 Å². The van der Waals surface area contributed by atoms with Gasteiger partial charge in [-0.3, -0.25) is 0 Å². The molecule has 1 saturated carbocycles. The zero-order valence-electron chi connectivity index (χ0n) is 11.2. The minimum absolute atomic E-state index is 0.283. The van der Waals surface area contributed by atoms with Gasteiger partial charge in [0, 0.05) is 0 Å². The van der Waals surface area contributed by atoms with Crippen LogP contribution in [-0.2, 0) is 14.3 Å². The molecule has 22 heavy (non-hydrogen) atoms. The Morgan fingerprint density at radius 1 is 1.23 bits per heavy atom. The molecule has 0 spiro atoms. The normalized spacial score (nSPS) is 56.0. The Kier molecular flexibility index (Phi) is 3.08. The fourth-order valence-electron chi connectivity index (χ4n) is 3.71. The predicted molar refractivity (Wildman–Crippen MR) is 66.8 cm³/mol. The van der Waals surface area contributed by atoms with Crippen molar-refractivity contribution >= 4 is 12.2 Å². The second kappa shape index (κ2) is 4.35. The van der Waals surface area contributed by atoms with Gasteiger partial charge in [0.05, 0.1) is 12.5 Å². The van der Waals surface area contributed by atoms with Gasteiger partial charge in [-0.1, -0.05) is 0 Å². The zero-order valence-corrected chi connectivity index (χ0v) is 11.2. The summed E-state index contributed by atoms with van der Waals surface area (Å²) >= 11 is 0. The molecule has 0 aromatic carbocycles. The topological polar surface area (TPSA) is 201 Å². The summed E-state index contributed by atoms with van der Waals surface area (Å²) in [5, 5.41) is 51.0. The molecule has 4 fully saturated rings. The van der Waals surface area contributed by atoms with Crippen molar-refractivity contribution in [2.45, 2.75) is 41.5 Å². The van der Waals surface area contributed by atoms with Crippen molar-refractivity contribution in [1.29, 1.82) is 0 Å². The van der Waals surface area contributed by atoms with E-state index in [9.17, 15) is 30.3 Å². The molecule has 11 heteroatoms. The summed E-state index contributed by atoms with van der Waals surface area (Å²) in [5.41, 5.74) is 6.38. The van der Waals surface area contributed by atoms with Gasteiger partial charge >= 0.3 is 5.97 Å². The number of carbonyl (C=O) groups is 1. The quantitative estimate of drug-likeness (QED) is 0.150. The number of hydrogen-bond donors (Lipinski definition) is 7. The Morgan fingerprint density at radius 2 is 1.82 bits per heavy atom. The summed E-state index contributed by atoms with van der Waals surface area (Å²) < 4.78 is 10.1. The molecule has 4 rings (SSSR count). The van der Waals surface area contributed by atoms with Gasteiger partial charge in [-0.05, 0) is 0 Å². The summed E-state index contributed by atoms with van der Waals surface area (Å²) in [4.78, 5) is 15.3. The molecular formula is C11H17N3O8. The van der Waals surface area contributed by atoms with E-state index in [2.05, 4.69) is 4.99 Å². The van der Waals surface area contributed by atoms with Crippen LogP contribution in [0.15, 0.2) is 4.99 Å². The fourth-order valence-corrected chi connectivity index (χ4v) is 3.71. The van der Waals surface area contributed by atoms with E-state index in [1.807, 2.05) is 0 Å². The lowest BCUT2D eigenvalue weighted by Gasteiger charge is -2.68. The van der Waals surface area contributed by atoms with Crippen molar-refractivity contribution in [1.82, 2.24) is 0 Å². The molecule has 0 aromatic heterocycles. The highest BCUT2D eigenvalue weighted by Gasteiger charge is 2.81. The number of aliphatic hydroxyl groups is 5. The molecule has 11 nitrogen and oxygen atoms in total. The second-order valence-corrected chi connectivity index (χ2v) is 5.79. The first-order valence-corrected chi connectivity index (χ1v) is 6.51. The summed E-state index contributed by atoms with van der Waals surface area (Å²) in [6.07, 6.45) is -6.57. The van der Waals surface area contributed by atoms with E-state index in [0.29, 0.717) is 0 Å². The van der Waals surface area contributed by atoms with Crippen LogP contribution >= 0.6 is 0 Å². The monoisotopic (exact) mass is 319 g/mol. The number of carbonyl (C=O) groups excluding carboxylic acids is 1. The molecule has 0 aromatic rings. The number of aldehydes is 1. The van der Waals surface area contributed by atoms with Crippen LogP contribution in [0, 0.1) is 5.92 Å². The number of aliphatic hydroxyl groups excluding tert-OH is 3. The van der Waals surface area contributed by atoms with E-state index in [-0.39, 0.29) is 6.29 Å². The highest BCUT2D eigenvalue weighted by molar-refractivity contribution is 5.77. The second-order valence-electron chi connectivity index (χ2n) is 5.79. The van der Waals surface area contributed by atoms with Crippen LogP contribution in [0.1, 0.15) is 0 Å². The average molecular weight is 319 g/mol. The molecule has 1 aliphatic carbocycles. The van der Waals surface area contributed by atoms with Crippen molar-refractivity contribution in [3.05, 3.63) is 0 Å². The molecule has 8 atom stereocenters. The number of aliphatic imine (C=N–C) groups is 1. The molecule has 3 heterocycles. The standard InChI is InChI=1S/C11H17N3O8/c12-8(13)14-10-3(1-15)5-9(19,2-16)6(4(10)17)22-11(20,21-5)7(10)18/h1,3-7,16-20H,2H2,(H4,12,13,14)/t3-,4?,5?,6?,7-,9-,10?,11?/m0/s1. The molecule has 3 aliphatic heterocycles. The lowest BCUT2D eigenvalue weighted by Crippen LogP contribution is -2.90. The number of hydrogen-bond acceptors (Lipinski definition) is 9. The first kappa shape index (κ1) is 15.6. The van der Waals surface area contributed by atoms with Gasteiger partial charge in [0.25, 0.3) is 0 Å². The van der Waals surface area contributed by atoms with Crippen LogP contribution in [0.3, 0.4) is 0 Å². The van der Waals surface area contributed by atoms with Gasteiger partial charge in [-0.25, -0.2) is 4.99 Å². The Morgan fingerprint density at radius 3 is 2.32 bits per heavy atom. The molecule has 3 saturated heterocycles. The molecule has 0 amide bonds. The molecule has 0 radical (unpaired) electrons. The summed E-state index contributed by atoms with van der Waals surface area (Å²) in [5.74, 6) is -4.62. The van der Waals surface area contributed by atoms with Gasteiger partial charge in [0.1, 0.15) is 35.7 Å². The van der Waals surface area contributed by atoms with E-state index in [1.165, 1.54) is 0 Å². The maximum absolute atomic E-state index is 11.5. The fraction of sp³-hybridized carbons (Fsp3) is 0.818. The maximum Gasteiger partial charge on any atom is 0.311 e. The van der Waals surface area contributed by atoms with E-state index in [1.54, 1.807) is 0 Å². The van der Waals surface area contributed by atoms with Crippen LogP contribution in [0.4, 0.5) is 0 Å². The third-order valence-corrected chi connectivity index (χ3v) is 4.70. The number of nitrogens with zero attached hydrogens (tertiary/aromatic N) is 1. The summed E-state index contributed by atoms with van der Waals surface area (Å²) in [6, 6.07) is 0. The van der Waals surface area contributed by atoms with Gasteiger partial charge in [0.2, 0.25) is 0 Å². The van der Waals surface area contributed by atoms with Gasteiger partial charge < -0.3 is 51.3 Å². The van der Waals surface area contributed by atoms with E-state index >= 15 is 0 Å². The summed E-state index contributed by atoms with van der Waals surface area (Å²) in [7, 11) is 0. The van der Waals surface area contributed by atoms with E-state index in [4.69, 9.17) is 20.9 Å². The predicted octanol–water partition coefficient (Wildman–Crippen LogP) is -5.28. The first-order valence-electron chi connectivity index (χ1n) is 6.51. The third-order valence-electron chi connectivity index (χ3n) is 4.70. The SMILES string of the molecule is NC(N)=NC12C(O)C3OC(O)(OC([C@@H]1C=O)[C@@]3(O)CO)[C@H]2O. The minimum atomic E-state index is -2.63. The average Bonchev–Trinajstić information content (AvgIpc) is 2.45. The lowest BCUT2D eigenvalue weighted by molar-refractivity contribution is -0.539. The Hall–Kier alpha value is -1.34. The smallest absolute Gasteiger partial charge is 0.311 e.